The Balaban J connectivity index is 2.28. The number of halogens is 4. The third-order valence-electron chi connectivity index (χ3n) is 3.00. The predicted octanol–water partition coefficient (Wildman–Crippen LogP) is 4.39. The highest BCUT2D eigenvalue weighted by molar-refractivity contribution is 6.30. The summed E-state index contributed by atoms with van der Waals surface area (Å²) in [5.41, 5.74) is 1.14. The summed E-state index contributed by atoms with van der Waals surface area (Å²) in [6, 6.07) is 10.0. The normalized spacial score (nSPS) is 12.5. The van der Waals surface area contributed by atoms with Crippen molar-refractivity contribution in [3.05, 3.63) is 64.4 Å². The highest BCUT2D eigenvalue weighted by atomic mass is 35.5. The molecular weight excluding hydrogens is 303 g/mol. The van der Waals surface area contributed by atoms with Gasteiger partial charge in [-0.2, -0.15) is 8.78 Å². The van der Waals surface area contributed by atoms with E-state index in [0.717, 1.165) is 5.56 Å². The van der Waals surface area contributed by atoms with Gasteiger partial charge in [0.1, 0.15) is 11.6 Å². The molecule has 1 atom stereocenters. The first kappa shape index (κ1) is 15.7. The standard InChI is InChI=1S/C15H13ClF3NO/c1-20-14(12-7-4-10(16)8-13(12)17)9-2-5-11(6-3-9)21-15(18)19/h2-8,14-15,20H,1H3. The fourth-order valence-corrected chi connectivity index (χ4v) is 2.24. The molecule has 2 rings (SSSR count). The van der Waals surface area contributed by atoms with Crippen molar-refractivity contribution in [2.75, 3.05) is 7.05 Å². The molecule has 112 valence electrons. The highest BCUT2D eigenvalue weighted by Gasteiger charge is 2.16. The number of ether oxygens (including phenoxy) is 1. The van der Waals surface area contributed by atoms with Crippen LogP contribution in [-0.2, 0) is 0 Å². The number of benzene rings is 2. The molecule has 1 unspecified atom stereocenters. The van der Waals surface area contributed by atoms with Gasteiger partial charge in [0.2, 0.25) is 0 Å². The Morgan fingerprint density at radius 3 is 2.29 bits per heavy atom. The van der Waals surface area contributed by atoms with Gasteiger partial charge in [0, 0.05) is 10.6 Å². The fourth-order valence-electron chi connectivity index (χ4n) is 2.08. The molecule has 0 aliphatic rings. The van der Waals surface area contributed by atoms with Gasteiger partial charge < -0.3 is 10.1 Å². The summed E-state index contributed by atoms with van der Waals surface area (Å²) in [7, 11) is 1.68. The van der Waals surface area contributed by atoms with Crippen molar-refractivity contribution in [3.8, 4) is 5.75 Å². The molecule has 0 amide bonds. The van der Waals surface area contributed by atoms with E-state index in [2.05, 4.69) is 10.1 Å². The van der Waals surface area contributed by atoms with Crippen LogP contribution in [0.3, 0.4) is 0 Å². The van der Waals surface area contributed by atoms with Gasteiger partial charge in [-0.3, -0.25) is 0 Å². The van der Waals surface area contributed by atoms with Gasteiger partial charge in [0.25, 0.3) is 0 Å². The maximum Gasteiger partial charge on any atom is 0.387 e. The largest absolute Gasteiger partial charge is 0.435 e. The summed E-state index contributed by atoms with van der Waals surface area (Å²) in [6.07, 6.45) is 0. The SMILES string of the molecule is CNC(c1ccc(OC(F)F)cc1)c1ccc(Cl)cc1F. The van der Waals surface area contributed by atoms with Crippen LogP contribution in [0.25, 0.3) is 0 Å². The molecule has 2 aromatic carbocycles. The quantitative estimate of drug-likeness (QED) is 0.883. The van der Waals surface area contributed by atoms with Crippen molar-refractivity contribution in [3.63, 3.8) is 0 Å². The predicted molar refractivity (Wildman–Crippen MR) is 75.4 cm³/mol. The molecule has 0 spiro atoms. The summed E-state index contributed by atoms with van der Waals surface area (Å²) in [4.78, 5) is 0. The van der Waals surface area contributed by atoms with Crippen LogP contribution >= 0.6 is 11.6 Å². The maximum atomic E-state index is 14.0. The molecule has 0 radical (unpaired) electrons. The van der Waals surface area contributed by atoms with E-state index in [-0.39, 0.29) is 5.75 Å². The first-order valence-corrected chi connectivity index (χ1v) is 6.56. The summed E-state index contributed by atoms with van der Waals surface area (Å²) < 4.78 is 42.5. The lowest BCUT2D eigenvalue weighted by atomic mass is 9.98. The lowest BCUT2D eigenvalue weighted by Crippen LogP contribution is -2.19. The summed E-state index contributed by atoms with van der Waals surface area (Å²) in [6.45, 7) is -2.87. The van der Waals surface area contributed by atoms with E-state index in [1.807, 2.05) is 0 Å². The van der Waals surface area contributed by atoms with Crippen LogP contribution in [0.4, 0.5) is 13.2 Å². The molecule has 0 fully saturated rings. The van der Waals surface area contributed by atoms with E-state index in [1.54, 1.807) is 31.3 Å². The Morgan fingerprint density at radius 1 is 1.10 bits per heavy atom. The topological polar surface area (TPSA) is 21.3 Å². The second-order valence-corrected chi connectivity index (χ2v) is 4.77. The van der Waals surface area contributed by atoms with Gasteiger partial charge in [-0.25, -0.2) is 4.39 Å². The second kappa shape index (κ2) is 6.83. The van der Waals surface area contributed by atoms with E-state index in [4.69, 9.17) is 11.6 Å². The molecular formula is C15H13ClF3NO. The average molecular weight is 316 g/mol. The number of hydrogen-bond acceptors (Lipinski definition) is 2. The Labute approximate surface area is 125 Å². The summed E-state index contributed by atoms with van der Waals surface area (Å²) >= 11 is 5.73. The zero-order valence-corrected chi connectivity index (χ0v) is 11.9. The summed E-state index contributed by atoms with van der Waals surface area (Å²) in [5.74, 6) is -0.380. The Kier molecular flexibility index (Phi) is 5.09. The second-order valence-electron chi connectivity index (χ2n) is 4.34. The van der Waals surface area contributed by atoms with Crippen LogP contribution < -0.4 is 10.1 Å². The lowest BCUT2D eigenvalue weighted by Gasteiger charge is -2.18. The molecule has 6 heteroatoms. The van der Waals surface area contributed by atoms with Gasteiger partial charge in [0.15, 0.2) is 0 Å². The van der Waals surface area contributed by atoms with Crippen LogP contribution in [0.1, 0.15) is 17.2 Å². The number of nitrogens with one attached hydrogen (secondary N) is 1. The molecule has 1 N–H and O–H groups in total. The van der Waals surface area contributed by atoms with Crippen LogP contribution in [0.2, 0.25) is 5.02 Å². The third kappa shape index (κ3) is 3.89. The number of rotatable bonds is 5. The molecule has 2 aromatic rings. The van der Waals surface area contributed by atoms with E-state index in [1.165, 1.54) is 18.2 Å². The van der Waals surface area contributed by atoms with Gasteiger partial charge in [-0.15, -0.1) is 0 Å². The monoisotopic (exact) mass is 315 g/mol. The van der Waals surface area contributed by atoms with Crippen molar-refractivity contribution < 1.29 is 17.9 Å². The van der Waals surface area contributed by atoms with E-state index in [9.17, 15) is 13.2 Å². The van der Waals surface area contributed by atoms with Crippen LogP contribution in [0.15, 0.2) is 42.5 Å². The maximum absolute atomic E-state index is 14.0. The highest BCUT2D eigenvalue weighted by Crippen LogP contribution is 2.27. The van der Waals surface area contributed by atoms with Crippen molar-refractivity contribution in [1.29, 1.82) is 0 Å². The van der Waals surface area contributed by atoms with E-state index >= 15 is 0 Å². The molecule has 0 saturated carbocycles. The molecule has 0 aromatic heterocycles. The minimum Gasteiger partial charge on any atom is -0.435 e. The molecule has 0 bridgehead atoms. The average Bonchev–Trinajstić information content (AvgIpc) is 2.43. The lowest BCUT2D eigenvalue weighted by molar-refractivity contribution is -0.0498. The van der Waals surface area contributed by atoms with E-state index in [0.29, 0.717) is 10.6 Å². The fraction of sp³-hybridized carbons (Fsp3) is 0.200. The number of hydrogen-bond donors (Lipinski definition) is 1. The summed E-state index contributed by atoms with van der Waals surface area (Å²) in [5, 5.41) is 3.29. The minimum atomic E-state index is -2.87. The van der Waals surface area contributed by atoms with Crippen LogP contribution in [0, 0.1) is 5.82 Å². The Morgan fingerprint density at radius 2 is 1.76 bits per heavy atom. The molecule has 0 heterocycles. The molecule has 0 saturated heterocycles. The van der Waals surface area contributed by atoms with Gasteiger partial charge in [0.05, 0.1) is 6.04 Å². The van der Waals surface area contributed by atoms with Crippen molar-refractivity contribution >= 4 is 11.6 Å². The van der Waals surface area contributed by atoms with Crippen molar-refractivity contribution in [2.24, 2.45) is 0 Å². The first-order chi connectivity index (χ1) is 10.0. The van der Waals surface area contributed by atoms with Crippen molar-refractivity contribution in [1.82, 2.24) is 5.32 Å². The smallest absolute Gasteiger partial charge is 0.387 e. The molecule has 2 nitrogen and oxygen atoms in total. The van der Waals surface area contributed by atoms with Gasteiger partial charge in [-0.05, 0) is 36.9 Å². The zero-order chi connectivity index (χ0) is 15.4. The molecule has 21 heavy (non-hydrogen) atoms. The van der Waals surface area contributed by atoms with Crippen LogP contribution in [-0.4, -0.2) is 13.7 Å². The first-order valence-electron chi connectivity index (χ1n) is 6.18. The Hall–Kier alpha value is -1.72. The molecule has 0 aliphatic heterocycles. The third-order valence-corrected chi connectivity index (χ3v) is 3.24. The van der Waals surface area contributed by atoms with Gasteiger partial charge >= 0.3 is 6.61 Å². The van der Waals surface area contributed by atoms with Crippen LogP contribution in [0.5, 0.6) is 5.75 Å². The number of alkyl halides is 2. The minimum absolute atomic E-state index is 0.0557. The van der Waals surface area contributed by atoms with E-state index < -0.39 is 18.5 Å². The molecule has 0 aliphatic carbocycles. The Bertz CT molecular complexity index is 604. The zero-order valence-electron chi connectivity index (χ0n) is 11.1. The van der Waals surface area contributed by atoms with Crippen molar-refractivity contribution in [2.45, 2.75) is 12.7 Å². The van der Waals surface area contributed by atoms with Gasteiger partial charge in [-0.1, -0.05) is 29.8 Å².